The van der Waals surface area contributed by atoms with Gasteiger partial charge in [-0.3, -0.25) is 14.3 Å². The second-order valence-electron chi connectivity index (χ2n) is 4.03. The predicted octanol–water partition coefficient (Wildman–Crippen LogP) is 0.120. The Morgan fingerprint density at radius 2 is 1.94 bits per heavy atom. The van der Waals surface area contributed by atoms with Gasteiger partial charge in [-0.25, -0.2) is 4.79 Å². The number of nitrogens with one attached hydrogen (secondary N) is 1. The summed E-state index contributed by atoms with van der Waals surface area (Å²) in [6.07, 6.45) is 2.06. The van der Waals surface area contributed by atoms with Gasteiger partial charge in [-0.2, -0.15) is 0 Å². The molecule has 0 amide bonds. The Kier molecular flexibility index (Phi) is 3.74. The molecule has 0 atom stereocenters. The highest BCUT2D eigenvalue weighted by Gasteiger charge is 2.00. The highest BCUT2D eigenvalue weighted by atomic mass is 16.3. The minimum atomic E-state index is -0.421. The molecule has 0 saturated carbocycles. The molecular formula is C13H14N2O3. The number of aromatic amines is 1. The molecule has 0 aliphatic rings. The van der Waals surface area contributed by atoms with Crippen LogP contribution in [0.3, 0.4) is 0 Å². The molecule has 0 saturated heterocycles. The molecular weight excluding hydrogens is 232 g/mol. The first-order valence-corrected chi connectivity index (χ1v) is 5.67. The summed E-state index contributed by atoms with van der Waals surface area (Å²) in [5.74, 6) is 0. The third-order valence-corrected chi connectivity index (χ3v) is 2.64. The molecule has 1 heterocycles. The van der Waals surface area contributed by atoms with Crippen LogP contribution in [0.5, 0.6) is 0 Å². The molecule has 94 valence electrons. The van der Waals surface area contributed by atoms with E-state index in [9.17, 15) is 9.59 Å². The zero-order valence-corrected chi connectivity index (χ0v) is 9.80. The van der Waals surface area contributed by atoms with E-state index in [1.54, 1.807) is 0 Å². The Bertz CT molecular complexity index is 643. The first-order chi connectivity index (χ1) is 8.69. The van der Waals surface area contributed by atoms with Gasteiger partial charge in [-0.1, -0.05) is 24.3 Å². The lowest BCUT2D eigenvalue weighted by Gasteiger charge is -2.06. The zero-order chi connectivity index (χ0) is 13.0. The molecule has 2 aromatic rings. The van der Waals surface area contributed by atoms with Gasteiger partial charge in [0.05, 0.1) is 6.54 Å². The normalized spacial score (nSPS) is 10.5. The molecule has 0 spiro atoms. The molecule has 1 aromatic carbocycles. The Morgan fingerprint density at radius 3 is 2.67 bits per heavy atom. The quantitative estimate of drug-likeness (QED) is 0.804. The zero-order valence-electron chi connectivity index (χ0n) is 9.80. The largest absolute Gasteiger partial charge is 0.396 e. The number of benzene rings is 1. The summed E-state index contributed by atoms with van der Waals surface area (Å²) in [5, 5.41) is 8.88. The van der Waals surface area contributed by atoms with E-state index in [0.717, 1.165) is 11.1 Å². The van der Waals surface area contributed by atoms with Gasteiger partial charge in [-0.15, -0.1) is 0 Å². The van der Waals surface area contributed by atoms with Crippen LogP contribution in [-0.2, 0) is 13.0 Å². The van der Waals surface area contributed by atoms with Crippen molar-refractivity contribution in [2.75, 3.05) is 6.61 Å². The number of hydrogen-bond acceptors (Lipinski definition) is 3. The maximum absolute atomic E-state index is 11.5. The molecule has 18 heavy (non-hydrogen) atoms. The summed E-state index contributed by atoms with van der Waals surface area (Å²) in [6, 6.07) is 8.97. The fourth-order valence-corrected chi connectivity index (χ4v) is 1.78. The van der Waals surface area contributed by atoms with Crippen LogP contribution in [0.4, 0.5) is 0 Å². The second-order valence-corrected chi connectivity index (χ2v) is 4.03. The van der Waals surface area contributed by atoms with Crippen molar-refractivity contribution in [3.63, 3.8) is 0 Å². The molecule has 5 heteroatoms. The van der Waals surface area contributed by atoms with Gasteiger partial charge in [-0.05, 0) is 17.5 Å². The summed E-state index contributed by atoms with van der Waals surface area (Å²) in [7, 11) is 0. The average molecular weight is 246 g/mol. The fraction of sp³-hybridized carbons (Fsp3) is 0.231. The van der Waals surface area contributed by atoms with Gasteiger partial charge < -0.3 is 5.11 Å². The number of hydrogen-bond donors (Lipinski definition) is 2. The van der Waals surface area contributed by atoms with Crippen LogP contribution in [-0.4, -0.2) is 21.3 Å². The summed E-state index contributed by atoms with van der Waals surface area (Å²) in [5.41, 5.74) is 1.16. The van der Waals surface area contributed by atoms with Crippen LogP contribution in [0.15, 0.2) is 46.1 Å². The molecule has 0 bridgehead atoms. The van der Waals surface area contributed by atoms with Gasteiger partial charge in [0.2, 0.25) is 0 Å². The minimum Gasteiger partial charge on any atom is -0.396 e. The third-order valence-electron chi connectivity index (χ3n) is 2.64. The fourth-order valence-electron chi connectivity index (χ4n) is 1.78. The Balaban J connectivity index is 2.25. The van der Waals surface area contributed by atoms with Crippen molar-refractivity contribution < 1.29 is 5.11 Å². The molecule has 5 nitrogen and oxygen atoms in total. The summed E-state index contributed by atoms with van der Waals surface area (Å²) in [6.45, 7) is 0.497. The number of rotatable bonds is 4. The van der Waals surface area contributed by atoms with Crippen LogP contribution in [0.1, 0.15) is 11.1 Å². The van der Waals surface area contributed by atoms with Crippen LogP contribution in [0.25, 0.3) is 0 Å². The van der Waals surface area contributed by atoms with Crippen molar-refractivity contribution in [1.82, 2.24) is 9.55 Å². The number of aliphatic hydroxyl groups excluding tert-OH is 1. The second kappa shape index (κ2) is 5.46. The molecule has 0 aliphatic carbocycles. The van der Waals surface area contributed by atoms with Crippen LogP contribution in [0.2, 0.25) is 0 Å². The number of H-pyrrole nitrogens is 1. The predicted molar refractivity (Wildman–Crippen MR) is 67.7 cm³/mol. The molecule has 2 rings (SSSR count). The number of aromatic nitrogens is 2. The maximum atomic E-state index is 11.5. The van der Waals surface area contributed by atoms with E-state index in [1.165, 1.54) is 16.8 Å². The minimum absolute atomic E-state index is 0.0993. The topological polar surface area (TPSA) is 75.1 Å². The Hall–Kier alpha value is -2.14. The van der Waals surface area contributed by atoms with E-state index in [4.69, 9.17) is 5.11 Å². The van der Waals surface area contributed by atoms with Crippen molar-refractivity contribution >= 4 is 0 Å². The standard InChI is InChI=1S/C13H14N2O3/c16-7-5-10-2-1-3-11(8-10)9-15-6-4-12(17)14-13(15)18/h1-4,6,8,16H,5,7,9H2,(H,14,17,18). The van der Waals surface area contributed by atoms with Gasteiger partial charge in [0.15, 0.2) is 0 Å². The summed E-state index contributed by atoms with van der Waals surface area (Å²) >= 11 is 0. The lowest BCUT2D eigenvalue weighted by atomic mass is 10.1. The van der Waals surface area contributed by atoms with E-state index >= 15 is 0 Å². The molecule has 1 aromatic heterocycles. The van der Waals surface area contributed by atoms with Crippen molar-refractivity contribution in [1.29, 1.82) is 0 Å². The maximum Gasteiger partial charge on any atom is 0.328 e. The highest BCUT2D eigenvalue weighted by Crippen LogP contribution is 2.06. The molecule has 2 N–H and O–H groups in total. The van der Waals surface area contributed by atoms with Crippen molar-refractivity contribution in [2.45, 2.75) is 13.0 Å². The average Bonchev–Trinajstić information content (AvgIpc) is 2.34. The van der Waals surface area contributed by atoms with E-state index in [2.05, 4.69) is 4.98 Å². The number of nitrogens with zero attached hydrogens (tertiary/aromatic N) is 1. The summed E-state index contributed by atoms with van der Waals surface area (Å²) < 4.78 is 1.43. The lowest BCUT2D eigenvalue weighted by Crippen LogP contribution is -2.28. The Labute approximate surface area is 103 Å². The highest BCUT2D eigenvalue weighted by molar-refractivity contribution is 5.23. The van der Waals surface area contributed by atoms with Crippen LogP contribution in [0, 0.1) is 0 Å². The summed E-state index contributed by atoms with van der Waals surface area (Å²) in [4.78, 5) is 24.7. The first-order valence-electron chi connectivity index (χ1n) is 5.67. The van der Waals surface area contributed by atoms with Gasteiger partial charge in [0.25, 0.3) is 5.56 Å². The van der Waals surface area contributed by atoms with Crippen molar-refractivity contribution in [3.8, 4) is 0 Å². The smallest absolute Gasteiger partial charge is 0.328 e. The van der Waals surface area contributed by atoms with Crippen LogP contribution >= 0.6 is 0 Å². The van der Waals surface area contributed by atoms with Crippen molar-refractivity contribution in [2.24, 2.45) is 0 Å². The van der Waals surface area contributed by atoms with E-state index in [0.29, 0.717) is 13.0 Å². The third kappa shape index (κ3) is 2.95. The SMILES string of the molecule is O=c1ccn(Cc2cccc(CCO)c2)c(=O)[nH]1. The molecule has 0 aliphatic heterocycles. The first kappa shape index (κ1) is 12.3. The van der Waals surface area contributed by atoms with Crippen LogP contribution < -0.4 is 11.2 Å². The van der Waals surface area contributed by atoms with Gasteiger partial charge in [0.1, 0.15) is 0 Å². The van der Waals surface area contributed by atoms with Crippen molar-refractivity contribution in [3.05, 3.63) is 68.5 Å². The number of aliphatic hydroxyl groups is 1. The van der Waals surface area contributed by atoms with E-state index in [-0.39, 0.29) is 6.61 Å². The molecule has 0 fully saturated rings. The molecule has 0 radical (unpaired) electrons. The van der Waals surface area contributed by atoms with Gasteiger partial charge in [0, 0.05) is 18.9 Å². The lowest BCUT2D eigenvalue weighted by molar-refractivity contribution is 0.299. The monoisotopic (exact) mass is 246 g/mol. The van der Waals surface area contributed by atoms with E-state index < -0.39 is 11.2 Å². The van der Waals surface area contributed by atoms with E-state index in [1.807, 2.05) is 24.3 Å². The Morgan fingerprint density at radius 1 is 1.17 bits per heavy atom. The molecule has 0 unspecified atom stereocenters. The van der Waals surface area contributed by atoms with Gasteiger partial charge >= 0.3 is 5.69 Å².